The highest BCUT2D eigenvalue weighted by atomic mass is 35.5. The van der Waals surface area contributed by atoms with Crippen LogP contribution in [-0.4, -0.2) is 28.1 Å². The first-order valence-corrected chi connectivity index (χ1v) is 6.89. The van der Waals surface area contributed by atoms with E-state index in [1.807, 2.05) is 6.92 Å². The molecule has 7 heteroatoms. The summed E-state index contributed by atoms with van der Waals surface area (Å²) in [6.07, 6.45) is 1.46. The van der Waals surface area contributed by atoms with Crippen LogP contribution >= 0.6 is 11.6 Å². The van der Waals surface area contributed by atoms with E-state index in [-0.39, 0.29) is 10.7 Å². The van der Waals surface area contributed by atoms with Gasteiger partial charge in [-0.3, -0.25) is 0 Å². The predicted octanol–water partition coefficient (Wildman–Crippen LogP) is 2.86. The summed E-state index contributed by atoms with van der Waals surface area (Å²) in [4.78, 5) is 11.7. The van der Waals surface area contributed by atoms with Crippen LogP contribution in [-0.2, 0) is 17.7 Å². The molecule has 0 fully saturated rings. The number of carbonyl (C=O) groups excluding carboxylic acids is 1. The van der Waals surface area contributed by atoms with Gasteiger partial charge in [0.15, 0.2) is 5.69 Å². The summed E-state index contributed by atoms with van der Waals surface area (Å²) in [6, 6.07) is 4.54. The maximum atomic E-state index is 13.5. The number of ether oxygens (including phenoxy) is 1. The quantitative estimate of drug-likeness (QED) is 0.797. The van der Waals surface area contributed by atoms with E-state index < -0.39 is 11.8 Å². The maximum absolute atomic E-state index is 13.5. The summed E-state index contributed by atoms with van der Waals surface area (Å²) >= 11 is 5.66. The predicted molar refractivity (Wildman–Crippen MR) is 75.9 cm³/mol. The summed E-state index contributed by atoms with van der Waals surface area (Å²) in [5, 5.41) is 7.89. The zero-order chi connectivity index (χ0) is 15.4. The van der Waals surface area contributed by atoms with Crippen molar-refractivity contribution in [3.05, 3.63) is 46.0 Å². The van der Waals surface area contributed by atoms with Crippen LogP contribution in [0.4, 0.5) is 4.39 Å². The Labute approximate surface area is 126 Å². The molecular formula is C14H15ClFN3O2. The number of hydrogen-bond donors (Lipinski definition) is 0. The zero-order valence-electron chi connectivity index (χ0n) is 11.8. The Kier molecular flexibility index (Phi) is 4.90. The molecule has 0 unspecified atom stereocenters. The number of hydrogen-bond acceptors (Lipinski definition) is 4. The number of methoxy groups -OCH3 is 1. The average molecular weight is 312 g/mol. The van der Waals surface area contributed by atoms with Gasteiger partial charge in [-0.05, 0) is 24.1 Å². The topological polar surface area (TPSA) is 57.0 Å². The smallest absolute Gasteiger partial charge is 0.360 e. The number of nitrogens with zero attached hydrogens (tertiary/aromatic N) is 3. The number of carbonyl (C=O) groups is 1. The van der Waals surface area contributed by atoms with Crippen LogP contribution in [0, 0.1) is 5.82 Å². The zero-order valence-corrected chi connectivity index (χ0v) is 12.5. The average Bonchev–Trinajstić information content (AvgIpc) is 2.85. The van der Waals surface area contributed by atoms with Crippen molar-refractivity contribution < 1.29 is 13.9 Å². The van der Waals surface area contributed by atoms with Gasteiger partial charge in [0.2, 0.25) is 0 Å². The second-order valence-electron chi connectivity index (χ2n) is 4.53. The van der Waals surface area contributed by atoms with Gasteiger partial charge in [-0.2, -0.15) is 0 Å². The second-order valence-corrected chi connectivity index (χ2v) is 4.94. The van der Waals surface area contributed by atoms with E-state index >= 15 is 0 Å². The summed E-state index contributed by atoms with van der Waals surface area (Å²) in [7, 11) is 1.30. The lowest BCUT2D eigenvalue weighted by Gasteiger charge is -2.07. The van der Waals surface area contributed by atoms with Gasteiger partial charge in [0.1, 0.15) is 5.82 Å². The monoisotopic (exact) mass is 311 g/mol. The first kappa shape index (κ1) is 15.4. The summed E-state index contributed by atoms with van der Waals surface area (Å²) in [5.41, 5.74) is 1.57. The highest BCUT2D eigenvalue weighted by Crippen LogP contribution is 2.17. The minimum atomic E-state index is -0.521. The summed E-state index contributed by atoms with van der Waals surface area (Å²) in [6.45, 7) is 2.30. The molecule has 5 nitrogen and oxygen atoms in total. The van der Waals surface area contributed by atoms with E-state index in [0.29, 0.717) is 24.2 Å². The molecule has 0 aliphatic rings. The highest BCUT2D eigenvalue weighted by molar-refractivity contribution is 6.30. The van der Waals surface area contributed by atoms with Crippen LogP contribution in [0.1, 0.15) is 35.1 Å². The van der Waals surface area contributed by atoms with E-state index in [9.17, 15) is 9.18 Å². The van der Waals surface area contributed by atoms with Crippen LogP contribution < -0.4 is 0 Å². The fourth-order valence-electron chi connectivity index (χ4n) is 2.01. The van der Waals surface area contributed by atoms with E-state index in [4.69, 9.17) is 11.6 Å². The first-order valence-electron chi connectivity index (χ1n) is 6.51. The molecule has 2 aromatic rings. The Hall–Kier alpha value is -1.95. The van der Waals surface area contributed by atoms with Gasteiger partial charge in [0.25, 0.3) is 0 Å². The molecule has 0 N–H and O–H groups in total. The fourth-order valence-corrected chi connectivity index (χ4v) is 2.13. The first-order chi connectivity index (χ1) is 10.1. The van der Waals surface area contributed by atoms with E-state index in [2.05, 4.69) is 15.0 Å². The molecule has 0 aliphatic heterocycles. The van der Waals surface area contributed by atoms with Crippen LogP contribution in [0.2, 0.25) is 5.02 Å². The van der Waals surface area contributed by atoms with Gasteiger partial charge < -0.3 is 4.74 Å². The molecule has 0 radical (unpaired) electrons. The van der Waals surface area contributed by atoms with Crippen molar-refractivity contribution in [2.24, 2.45) is 0 Å². The van der Waals surface area contributed by atoms with Gasteiger partial charge in [-0.1, -0.05) is 36.2 Å². The normalized spacial score (nSPS) is 10.7. The minimum absolute atomic E-state index is 0.0707. The Morgan fingerprint density at radius 2 is 2.24 bits per heavy atom. The lowest BCUT2D eigenvalue weighted by Crippen LogP contribution is -2.10. The number of benzene rings is 1. The maximum Gasteiger partial charge on any atom is 0.360 e. The molecule has 0 atom stereocenters. The van der Waals surface area contributed by atoms with Crippen molar-refractivity contribution in [2.75, 3.05) is 7.11 Å². The third-order valence-electron chi connectivity index (χ3n) is 3.02. The van der Waals surface area contributed by atoms with Crippen molar-refractivity contribution in [2.45, 2.75) is 26.3 Å². The second kappa shape index (κ2) is 6.67. The Bertz CT molecular complexity index is 658. The van der Waals surface area contributed by atoms with Crippen molar-refractivity contribution in [1.82, 2.24) is 15.0 Å². The Morgan fingerprint density at radius 1 is 1.48 bits per heavy atom. The number of halogens is 2. The summed E-state index contributed by atoms with van der Waals surface area (Å²) < 4.78 is 19.7. The third-order valence-corrected chi connectivity index (χ3v) is 3.33. The van der Waals surface area contributed by atoms with E-state index in [1.165, 1.54) is 19.2 Å². The van der Waals surface area contributed by atoms with Gasteiger partial charge in [0, 0.05) is 0 Å². The molecule has 1 aromatic heterocycles. The van der Waals surface area contributed by atoms with Gasteiger partial charge in [0.05, 0.1) is 24.4 Å². The molecule has 0 bridgehead atoms. The molecule has 0 amide bonds. The fraction of sp³-hybridized carbons (Fsp3) is 0.357. The molecule has 0 saturated heterocycles. The minimum Gasteiger partial charge on any atom is -0.464 e. The largest absolute Gasteiger partial charge is 0.464 e. The number of rotatable bonds is 5. The molecule has 0 saturated carbocycles. The number of esters is 1. The lowest BCUT2D eigenvalue weighted by molar-refractivity contribution is 0.0592. The molecule has 1 aromatic carbocycles. The lowest BCUT2D eigenvalue weighted by atomic mass is 10.2. The molecule has 1 heterocycles. The van der Waals surface area contributed by atoms with Gasteiger partial charge >= 0.3 is 5.97 Å². The Morgan fingerprint density at radius 3 is 2.86 bits per heavy atom. The van der Waals surface area contributed by atoms with Crippen LogP contribution in [0.15, 0.2) is 18.2 Å². The third kappa shape index (κ3) is 3.39. The summed E-state index contributed by atoms with van der Waals surface area (Å²) in [5.74, 6) is -1.01. The SMILES string of the molecule is CCCc1c(C(=O)OC)nnn1Cc1ccc(Cl)c(F)c1. The highest BCUT2D eigenvalue weighted by Gasteiger charge is 2.19. The standard InChI is InChI=1S/C14H15ClFN3O2/c1-3-4-12-13(14(20)21-2)17-18-19(12)8-9-5-6-10(15)11(16)7-9/h5-7H,3-4,8H2,1-2H3. The molecule has 112 valence electrons. The van der Waals surface area contributed by atoms with Crippen molar-refractivity contribution in [3.8, 4) is 0 Å². The van der Waals surface area contributed by atoms with Crippen LogP contribution in [0.5, 0.6) is 0 Å². The van der Waals surface area contributed by atoms with Crippen LogP contribution in [0.25, 0.3) is 0 Å². The van der Waals surface area contributed by atoms with E-state index in [0.717, 1.165) is 6.42 Å². The Balaban J connectivity index is 2.32. The van der Waals surface area contributed by atoms with Crippen molar-refractivity contribution >= 4 is 17.6 Å². The molecule has 21 heavy (non-hydrogen) atoms. The molecule has 2 rings (SSSR count). The molecule has 0 aliphatic carbocycles. The number of aromatic nitrogens is 3. The van der Waals surface area contributed by atoms with Gasteiger partial charge in [-0.25, -0.2) is 13.9 Å². The van der Waals surface area contributed by atoms with Crippen molar-refractivity contribution in [1.29, 1.82) is 0 Å². The van der Waals surface area contributed by atoms with E-state index in [1.54, 1.807) is 10.7 Å². The van der Waals surface area contributed by atoms with Crippen LogP contribution in [0.3, 0.4) is 0 Å². The van der Waals surface area contributed by atoms with Gasteiger partial charge in [-0.15, -0.1) is 5.10 Å². The molecule has 0 spiro atoms. The van der Waals surface area contributed by atoms with Crippen molar-refractivity contribution in [3.63, 3.8) is 0 Å². The molecular weight excluding hydrogens is 297 g/mol.